The molecule has 0 atom stereocenters. The number of nitrogens with zero attached hydrogens (tertiary/aromatic N) is 4. The van der Waals surface area contributed by atoms with Gasteiger partial charge in [-0.3, -0.25) is 24.3 Å². The van der Waals surface area contributed by atoms with E-state index in [1.54, 1.807) is 23.1 Å². The Kier molecular flexibility index (Phi) is 5.38. The molecule has 1 aliphatic rings. The van der Waals surface area contributed by atoms with Gasteiger partial charge in [0, 0.05) is 25.2 Å². The van der Waals surface area contributed by atoms with E-state index in [4.69, 9.17) is 4.74 Å². The maximum absolute atomic E-state index is 13.3. The van der Waals surface area contributed by atoms with Gasteiger partial charge in [-0.25, -0.2) is 9.36 Å². The van der Waals surface area contributed by atoms with Crippen molar-refractivity contribution in [2.75, 3.05) is 26.3 Å². The molecule has 2 heterocycles. The molecule has 1 aliphatic heterocycles. The van der Waals surface area contributed by atoms with Gasteiger partial charge in [-0.05, 0) is 25.1 Å². The van der Waals surface area contributed by atoms with E-state index in [1.807, 2.05) is 6.92 Å². The standard InChI is InChI=1S/C21H20N4O6/c1-14-5-6-18-17(11-14)20(27)24(15-3-2-4-16(12-15)25(29)30)21(28)23(18)13-19(26)22-7-9-31-10-8-22/h2-6,11-12H,7-10,13H2,1H3. The number of rotatable bonds is 4. The van der Waals surface area contributed by atoms with Crippen molar-refractivity contribution in [1.29, 1.82) is 0 Å². The van der Waals surface area contributed by atoms with Crippen molar-refractivity contribution in [1.82, 2.24) is 14.0 Å². The first kappa shape index (κ1) is 20.5. The Hall–Kier alpha value is -3.79. The molecule has 31 heavy (non-hydrogen) atoms. The Labute approximate surface area is 176 Å². The molecule has 0 bridgehead atoms. The van der Waals surface area contributed by atoms with E-state index >= 15 is 0 Å². The zero-order chi connectivity index (χ0) is 22.1. The lowest BCUT2D eigenvalue weighted by Crippen LogP contribution is -2.45. The summed E-state index contributed by atoms with van der Waals surface area (Å²) in [6.07, 6.45) is 0. The van der Waals surface area contributed by atoms with Gasteiger partial charge >= 0.3 is 5.69 Å². The summed E-state index contributed by atoms with van der Waals surface area (Å²) >= 11 is 0. The predicted molar refractivity (Wildman–Crippen MR) is 113 cm³/mol. The molecule has 0 saturated carbocycles. The topological polar surface area (TPSA) is 117 Å². The molecule has 3 aromatic rings. The van der Waals surface area contributed by atoms with Crippen LogP contribution in [0.15, 0.2) is 52.1 Å². The Morgan fingerprint density at radius 1 is 1.13 bits per heavy atom. The summed E-state index contributed by atoms with van der Waals surface area (Å²) in [5, 5.41) is 11.4. The van der Waals surface area contributed by atoms with Crippen molar-refractivity contribution < 1.29 is 14.5 Å². The van der Waals surface area contributed by atoms with E-state index < -0.39 is 16.2 Å². The summed E-state index contributed by atoms with van der Waals surface area (Å²) in [6.45, 7) is 3.25. The van der Waals surface area contributed by atoms with Crippen molar-refractivity contribution >= 4 is 22.5 Å². The minimum absolute atomic E-state index is 0.0696. The summed E-state index contributed by atoms with van der Waals surface area (Å²) in [5.74, 6) is -0.267. The molecule has 1 aromatic heterocycles. The Bertz CT molecular complexity index is 1300. The second-order valence-corrected chi connectivity index (χ2v) is 7.30. The lowest BCUT2D eigenvalue weighted by molar-refractivity contribution is -0.384. The molecule has 10 heteroatoms. The van der Waals surface area contributed by atoms with Crippen molar-refractivity contribution in [3.63, 3.8) is 0 Å². The van der Waals surface area contributed by atoms with Gasteiger partial charge in [0.15, 0.2) is 0 Å². The van der Waals surface area contributed by atoms with E-state index in [0.29, 0.717) is 31.8 Å². The quantitative estimate of drug-likeness (QED) is 0.459. The number of carbonyl (C=O) groups is 1. The Morgan fingerprint density at radius 3 is 2.58 bits per heavy atom. The first-order valence-electron chi connectivity index (χ1n) is 9.73. The number of nitro benzene ring substituents is 1. The summed E-state index contributed by atoms with van der Waals surface area (Å²) in [7, 11) is 0. The van der Waals surface area contributed by atoms with Crippen LogP contribution in [0.1, 0.15) is 5.56 Å². The molecule has 1 saturated heterocycles. The minimum Gasteiger partial charge on any atom is -0.378 e. The van der Waals surface area contributed by atoms with Crippen LogP contribution < -0.4 is 11.2 Å². The fourth-order valence-electron chi connectivity index (χ4n) is 3.66. The van der Waals surface area contributed by atoms with Gasteiger partial charge in [-0.2, -0.15) is 0 Å². The number of fused-ring (bicyclic) bond motifs is 1. The highest BCUT2D eigenvalue weighted by Crippen LogP contribution is 2.17. The molecule has 0 unspecified atom stereocenters. The third-order valence-corrected chi connectivity index (χ3v) is 5.25. The zero-order valence-corrected chi connectivity index (χ0v) is 16.8. The SMILES string of the molecule is Cc1ccc2c(c1)c(=O)n(-c1cccc([N+](=O)[O-])c1)c(=O)n2CC(=O)N1CCOCC1. The Morgan fingerprint density at radius 2 is 1.87 bits per heavy atom. The van der Waals surface area contributed by atoms with E-state index in [2.05, 4.69) is 0 Å². The number of hydrogen-bond donors (Lipinski definition) is 0. The van der Waals surface area contributed by atoms with Crippen LogP contribution in [-0.2, 0) is 16.1 Å². The maximum atomic E-state index is 13.3. The Balaban J connectivity index is 1.92. The number of benzene rings is 2. The van der Waals surface area contributed by atoms with E-state index in [1.165, 1.54) is 28.8 Å². The number of carbonyl (C=O) groups excluding carboxylic acids is 1. The minimum atomic E-state index is -0.733. The van der Waals surface area contributed by atoms with Crippen LogP contribution in [0.5, 0.6) is 0 Å². The van der Waals surface area contributed by atoms with Crippen molar-refractivity contribution in [2.24, 2.45) is 0 Å². The normalized spacial score (nSPS) is 14.0. The van der Waals surface area contributed by atoms with Crippen molar-refractivity contribution in [3.05, 3.63) is 79.0 Å². The average molecular weight is 424 g/mol. The number of hydrogen-bond acceptors (Lipinski definition) is 6. The number of non-ortho nitro benzene ring substituents is 1. The first-order valence-corrected chi connectivity index (χ1v) is 9.73. The number of aryl methyl sites for hydroxylation is 1. The molecule has 0 spiro atoms. The molecule has 0 radical (unpaired) electrons. The summed E-state index contributed by atoms with van der Waals surface area (Å²) in [6, 6.07) is 10.3. The van der Waals surface area contributed by atoms with E-state index in [-0.39, 0.29) is 29.2 Å². The summed E-state index contributed by atoms with van der Waals surface area (Å²) < 4.78 is 7.39. The fraction of sp³-hybridized carbons (Fsp3) is 0.286. The molecule has 1 fully saturated rings. The molecular weight excluding hydrogens is 404 g/mol. The van der Waals surface area contributed by atoms with E-state index in [0.717, 1.165) is 10.1 Å². The number of ether oxygens (including phenoxy) is 1. The average Bonchev–Trinajstić information content (AvgIpc) is 2.77. The lowest BCUT2D eigenvalue weighted by atomic mass is 10.1. The van der Waals surface area contributed by atoms with Gasteiger partial charge in [0.25, 0.3) is 11.2 Å². The van der Waals surface area contributed by atoms with E-state index in [9.17, 15) is 24.5 Å². The largest absolute Gasteiger partial charge is 0.378 e. The summed E-state index contributed by atoms with van der Waals surface area (Å²) in [5.41, 5.74) is -0.365. The van der Waals surface area contributed by atoms with Crippen molar-refractivity contribution in [3.8, 4) is 5.69 Å². The highest BCUT2D eigenvalue weighted by molar-refractivity contribution is 5.82. The fourth-order valence-corrected chi connectivity index (χ4v) is 3.66. The van der Waals surface area contributed by atoms with Crippen molar-refractivity contribution in [2.45, 2.75) is 13.5 Å². The number of amides is 1. The van der Waals surface area contributed by atoms with Gasteiger partial charge in [0.05, 0.1) is 34.7 Å². The maximum Gasteiger partial charge on any atom is 0.336 e. The summed E-state index contributed by atoms with van der Waals surface area (Å²) in [4.78, 5) is 51.6. The smallest absolute Gasteiger partial charge is 0.336 e. The number of aromatic nitrogens is 2. The lowest BCUT2D eigenvalue weighted by Gasteiger charge is -2.27. The number of nitro groups is 1. The van der Waals surface area contributed by atoms with Crippen LogP contribution in [0.4, 0.5) is 5.69 Å². The van der Waals surface area contributed by atoms with Gasteiger partial charge in [-0.15, -0.1) is 0 Å². The second kappa shape index (κ2) is 8.15. The van der Waals surface area contributed by atoms with Crippen LogP contribution in [-0.4, -0.2) is 51.2 Å². The van der Waals surface area contributed by atoms with Gasteiger partial charge in [0.1, 0.15) is 6.54 Å². The molecule has 0 N–H and O–H groups in total. The monoisotopic (exact) mass is 424 g/mol. The number of morpholine rings is 1. The third-order valence-electron chi connectivity index (χ3n) is 5.25. The molecule has 1 amide bonds. The van der Waals surface area contributed by atoms with Crippen LogP contribution in [0.25, 0.3) is 16.6 Å². The van der Waals surface area contributed by atoms with Gasteiger partial charge < -0.3 is 9.64 Å². The van der Waals surface area contributed by atoms with Gasteiger partial charge in [0.2, 0.25) is 5.91 Å². The second-order valence-electron chi connectivity index (χ2n) is 7.30. The highest BCUT2D eigenvalue weighted by atomic mass is 16.6. The molecule has 0 aliphatic carbocycles. The van der Waals surface area contributed by atoms with Crippen LogP contribution >= 0.6 is 0 Å². The van der Waals surface area contributed by atoms with Crippen LogP contribution in [0, 0.1) is 17.0 Å². The van der Waals surface area contributed by atoms with Gasteiger partial charge in [-0.1, -0.05) is 17.7 Å². The molecule has 10 nitrogen and oxygen atoms in total. The predicted octanol–water partition coefficient (Wildman–Crippen LogP) is 1.23. The highest BCUT2D eigenvalue weighted by Gasteiger charge is 2.22. The van der Waals surface area contributed by atoms with Crippen LogP contribution in [0.2, 0.25) is 0 Å². The molecule has 4 rings (SSSR count). The molecular formula is C21H20N4O6. The molecule has 2 aromatic carbocycles. The zero-order valence-electron chi connectivity index (χ0n) is 16.8. The molecule has 160 valence electrons. The first-order chi connectivity index (χ1) is 14.9. The third kappa shape index (κ3) is 3.84. The van der Waals surface area contributed by atoms with Crippen LogP contribution in [0.3, 0.4) is 0 Å².